The van der Waals surface area contributed by atoms with E-state index in [2.05, 4.69) is 5.32 Å². The van der Waals surface area contributed by atoms with Gasteiger partial charge in [0.2, 0.25) is 5.91 Å². The Morgan fingerprint density at radius 2 is 2.17 bits per heavy atom. The summed E-state index contributed by atoms with van der Waals surface area (Å²) < 4.78 is 10.2. The Balaban J connectivity index is 2.04. The average Bonchev–Trinajstić information content (AvgIpc) is 2.88. The van der Waals surface area contributed by atoms with Crippen molar-refractivity contribution < 1.29 is 29.0 Å². The maximum Gasteiger partial charge on any atom is 0.410 e. The first kappa shape index (κ1) is 16.6. The number of nitrogens with one attached hydrogen (secondary N) is 1. The molecule has 1 aromatic rings. The predicted molar refractivity (Wildman–Crippen MR) is 78.9 cm³/mol. The van der Waals surface area contributed by atoms with Crippen molar-refractivity contribution in [3.8, 4) is 5.75 Å². The molecule has 1 aromatic carbocycles. The summed E-state index contributed by atoms with van der Waals surface area (Å²) in [7, 11) is 1.53. The number of ether oxygens (including phenoxy) is 2. The second kappa shape index (κ2) is 7.48. The molecule has 23 heavy (non-hydrogen) atoms. The third-order valence-electron chi connectivity index (χ3n) is 3.45. The smallest absolute Gasteiger partial charge is 0.410 e. The first-order valence-electron chi connectivity index (χ1n) is 7.07. The number of para-hydroxylation sites is 1. The number of hydrogen-bond donors (Lipinski definition) is 2. The van der Waals surface area contributed by atoms with Crippen LogP contribution in [0.4, 0.5) is 4.79 Å². The highest BCUT2D eigenvalue weighted by molar-refractivity contribution is 5.88. The van der Waals surface area contributed by atoms with Gasteiger partial charge in [-0.2, -0.15) is 0 Å². The molecular formula is C15H18N2O6. The molecule has 2 rings (SSSR count). The number of benzene rings is 1. The van der Waals surface area contributed by atoms with Crippen molar-refractivity contribution >= 4 is 18.0 Å². The fourth-order valence-corrected chi connectivity index (χ4v) is 2.27. The van der Waals surface area contributed by atoms with E-state index >= 15 is 0 Å². The van der Waals surface area contributed by atoms with Crippen molar-refractivity contribution in [1.29, 1.82) is 0 Å². The first-order valence-corrected chi connectivity index (χ1v) is 7.07. The topological polar surface area (TPSA) is 105 Å². The molecular weight excluding hydrogens is 304 g/mol. The number of carbonyl (C=O) groups excluding carboxylic acids is 2. The van der Waals surface area contributed by atoms with Crippen LogP contribution in [0.3, 0.4) is 0 Å². The number of amides is 2. The highest BCUT2D eigenvalue weighted by Crippen LogP contribution is 2.23. The van der Waals surface area contributed by atoms with Crippen LogP contribution in [0.2, 0.25) is 0 Å². The lowest BCUT2D eigenvalue weighted by Crippen LogP contribution is -2.45. The summed E-state index contributed by atoms with van der Waals surface area (Å²) in [6.07, 6.45) is -0.769. The van der Waals surface area contributed by atoms with Crippen LogP contribution in [0.1, 0.15) is 12.0 Å². The van der Waals surface area contributed by atoms with E-state index in [4.69, 9.17) is 14.6 Å². The SMILES string of the molecule is COc1ccccc1CN1C(=O)OC[C@H]1C(=O)NCCC(=O)O. The second-order valence-electron chi connectivity index (χ2n) is 4.97. The van der Waals surface area contributed by atoms with Gasteiger partial charge < -0.3 is 19.9 Å². The number of carboxylic acid groups (broad SMARTS) is 1. The van der Waals surface area contributed by atoms with Crippen molar-refractivity contribution in [2.45, 2.75) is 19.0 Å². The minimum absolute atomic E-state index is 0.00134. The number of nitrogens with zero attached hydrogens (tertiary/aromatic N) is 1. The van der Waals surface area contributed by atoms with Gasteiger partial charge in [0, 0.05) is 12.1 Å². The molecule has 8 heteroatoms. The van der Waals surface area contributed by atoms with E-state index in [0.29, 0.717) is 5.75 Å². The normalized spacial score (nSPS) is 16.8. The van der Waals surface area contributed by atoms with Crippen LogP contribution in [-0.2, 0) is 20.9 Å². The van der Waals surface area contributed by atoms with E-state index in [1.165, 1.54) is 12.0 Å². The molecule has 1 aliphatic heterocycles. The zero-order valence-corrected chi connectivity index (χ0v) is 12.7. The summed E-state index contributed by atoms with van der Waals surface area (Å²) in [6, 6.07) is 6.38. The number of rotatable bonds is 7. The Labute approximate surface area is 133 Å². The average molecular weight is 322 g/mol. The van der Waals surface area contributed by atoms with Crippen LogP contribution in [-0.4, -0.2) is 54.3 Å². The van der Waals surface area contributed by atoms with Crippen molar-refractivity contribution in [1.82, 2.24) is 10.2 Å². The van der Waals surface area contributed by atoms with Gasteiger partial charge in [0.25, 0.3) is 0 Å². The number of methoxy groups -OCH3 is 1. The van der Waals surface area contributed by atoms with E-state index in [0.717, 1.165) is 5.56 Å². The number of aliphatic carboxylic acids is 1. The molecule has 0 aromatic heterocycles. The molecule has 0 spiro atoms. The second-order valence-corrected chi connectivity index (χ2v) is 4.97. The number of hydrogen-bond acceptors (Lipinski definition) is 5. The van der Waals surface area contributed by atoms with Gasteiger partial charge in [0.1, 0.15) is 18.4 Å². The Bertz CT molecular complexity index is 603. The fraction of sp³-hybridized carbons (Fsp3) is 0.400. The zero-order chi connectivity index (χ0) is 16.8. The molecule has 8 nitrogen and oxygen atoms in total. The number of carboxylic acids is 1. The molecule has 0 saturated carbocycles. The molecule has 124 valence electrons. The molecule has 1 heterocycles. The third-order valence-corrected chi connectivity index (χ3v) is 3.45. The van der Waals surface area contributed by atoms with Gasteiger partial charge in [-0.25, -0.2) is 4.79 Å². The van der Waals surface area contributed by atoms with Crippen LogP contribution in [0.5, 0.6) is 5.75 Å². The van der Waals surface area contributed by atoms with E-state index < -0.39 is 24.0 Å². The molecule has 1 saturated heterocycles. The molecule has 0 aliphatic carbocycles. The van der Waals surface area contributed by atoms with Crippen LogP contribution >= 0.6 is 0 Å². The largest absolute Gasteiger partial charge is 0.496 e. The highest BCUT2D eigenvalue weighted by Gasteiger charge is 2.38. The maximum atomic E-state index is 12.1. The first-order chi connectivity index (χ1) is 11.0. The van der Waals surface area contributed by atoms with Gasteiger partial charge in [-0.15, -0.1) is 0 Å². The lowest BCUT2D eigenvalue weighted by molar-refractivity contribution is -0.137. The quantitative estimate of drug-likeness (QED) is 0.762. The summed E-state index contributed by atoms with van der Waals surface area (Å²) in [4.78, 5) is 35.8. The summed E-state index contributed by atoms with van der Waals surface area (Å²) in [6.45, 7) is 0.105. The van der Waals surface area contributed by atoms with Gasteiger partial charge in [-0.05, 0) is 6.07 Å². The van der Waals surface area contributed by atoms with Crippen LogP contribution < -0.4 is 10.1 Å². The molecule has 0 unspecified atom stereocenters. The van der Waals surface area contributed by atoms with Crippen LogP contribution in [0.25, 0.3) is 0 Å². The van der Waals surface area contributed by atoms with Gasteiger partial charge >= 0.3 is 12.1 Å². The van der Waals surface area contributed by atoms with Crippen molar-refractivity contribution in [2.75, 3.05) is 20.3 Å². The Morgan fingerprint density at radius 3 is 2.87 bits per heavy atom. The maximum absolute atomic E-state index is 12.1. The number of cyclic esters (lactones) is 1. The van der Waals surface area contributed by atoms with E-state index in [1.54, 1.807) is 24.3 Å². The fourth-order valence-electron chi connectivity index (χ4n) is 2.27. The van der Waals surface area contributed by atoms with Crippen molar-refractivity contribution in [3.05, 3.63) is 29.8 Å². The van der Waals surface area contributed by atoms with Crippen LogP contribution in [0, 0.1) is 0 Å². The third kappa shape index (κ3) is 4.12. The van der Waals surface area contributed by atoms with E-state index in [-0.39, 0.29) is 26.1 Å². The van der Waals surface area contributed by atoms with Gasteiger partial charge in [0.15, 0.2) is 0 Å². The van der Waals surface area contributed by atoms with Crippen molar-refractivity contribution in [3.63, 3.8) is 0 Å². The van der Waals surface area contributed by atoms with E-state index in [9.17, 15) is 14.4 Å². The molecule has 1 aliphatic rings. The van der Waals surface area contributed by atoms with Crippen LogP contribution in [0.15, 0.2) is 24.3 Å². The molecule has 1 fully saturated rings. The van der Waals surface area contributed by atoms with Gasteiger partial charge in [-0.1, -0.05) is 18.2 Å². The highest BCUT2D eigenvalue weighted by atomic mass is 16.6. The van der Waals surface area contributed by atoms with Crippen molar-refractivity contribution in [2.24, 2.45) is 0 Å². The summed E-state index contributed by atoms with van der Waals surface area (Å²) in [5.74, 6) is -0.834. The van der Waals surface area contributed by atoms with Gasteiger partial charge in [-0.3, -0.25) is 14.5 Å². The molecule has 2 amide bonds. The summed E-state index contributed by atoms with van der Waals surface area (Å²) in [5, 5.41) is 11.1. The van der Waals surface area contributed by atoms with Gasteiger partial charge in [0.05, 0.1) is 20.1 Å². The number of carbonyl (C=O) groups is 3. The minimum atomic E-state index is -1.00. The molecule has 1 atom stereocenters. The van der Waals surface area contributed by atoms with E-state index in [1.807, 2.05) is 0 Å². The Morgan fingerprint density at radius 1 is 1.43 bits per heavy atom. The molecule has 2 N–H and O–H groups in total. The molecule has 0 bridgehead atoms. The monoisotopic (exact) mass is 322 g/mol. The minimum Gasteiger partial charge on any atom is -0.496 e. The lowest BCUT2D eigenvalue weighted by atomic mass is 10.1. The zero-order valence-electron chi connectivity index (χ0n) is 12.7. The predicted octanol–water partition coefficient (Wildman–Crippen LogP) is 0.607. The summed E-state index contributed by atoms with van der Waals surface area (Å²) in [5.41, 5.74) is 0.747. The Hall–Kier alpha value is -2.77. The summed E-state index contributed by atoms with van der Waals surface area (Å²) >= 11 is 0. The molecule has 0 radical (unpaired) electrons. The Kier molecular flexibility index (Phi) is 5.40. The standard InChI is InChI=1S/C15H18N2O6/c1-22-12-5-3-2-4-10(12)8-17-11(9-23-15(17)21)14(20)16-7-6-13(18)19/h2-5,11H,6-9H2,1H3,(H,16,20)(H,18,19)/t11-/m0/s1. The lowest BCUT2D eigenvalue weighted by Gasteiger charge is -2.21.